The molecule has 0 aromatic carbocycles. The molecule has 0 aliphatic carbocycles. The molecule has 0 rings (SSSR count). The zero-order chi connectivity index (χ0) is 5.21. The first-order chi connectivity index (χ1) is 2.56. The van der Waals surface area contributed by atoms with Crippen LogP contribution >= 0.6 is 0 Å². The first kappa shape index (κ1) is 10.9. The standard InChI is InChI=1S/C5H12O.Na.H/c1-5(2,3)6-4;;/h1-4H3;;. The van der Waals surface area contributed by atoms with Crippen molar-refractivity contribution in [3.8, 4) is 0 Å². The Kier molecular flexibility index (Phi) is 6.05. The van der Waals surface area contributed by atoms with Gasteiger partial charge in [-0.3, -0.25) is 0 Å². The van der Waals surface area contributed by atoms with E-state index in [9.17, 15) is 0 Å². The molecular formula is C5H13NaO. The maximum atomic E-state index is 4.94. The fourth-order valence-corrected chi connectivity index (χ4v) is 0. The summed E-state index contributed by atoms with van der Waals surface area (Å²) in [6.07, 6.45) is 0. The molecule has 0 aliphatic rings. The molecule has 0 N–H and O–H groups in total. The van der Waals surface area contributed by atoms with E-state index < -0.39 is 0 Å². The minimum absolute atomic E-state index is 0. The van der Waals surface area contributed by atoms with Gasteiger partial charge in [0.05, 0.1) is 5.60 Å². The van der Waals surface area contributed by atoms with Crippen LogP contribution in [-0.4, -0.2) is 42.3 Å². The monoisotopic (exact) mass is 112 g/mol. The Morgan fingerprint density at radius 3 is 1.29 bits per heavy atom. The van der Waals surface area contributed by atoms with Crippen LogP contribution in [0.1, 0.15) is 20.8 Å². The van der Waals surface area contributed by atoms with Crippen molar-refractivity contribution in [1.29, 1.82) is 0 Å². The molecule has 2 heteroatoms. The van der Waals surface area contributed by atoms with Gasteiger partial charge in [-0.05, 0) is 20.8 Å². The van der Waals surface area contributed by atoms with Crippen LogP contribution < -0.4 is 0 Å². The van der Waals surface area contributed by atoms with Crippen molar-refractivity contribution >= 4 is 29.6 Å². The molecule has 0 saturated carbocycles. The molecule has 40 valence electrons. The third-order valence-electron chi connectivity index (χ3n) is 0.612. The van der Waals surface area contributed by atoms with E-state index in [-0.39, 0.29) is 35.2 Å². The topological polar surface area (TPSA) is 9.23 Å². The van der Waals surface area contributed by atoms with E-state index in [2.05, 4.69) is 0 Å². The molecule has 0 aliphatic heterocycles. The molecule has 1 nitrogen and oxygen atoms in total. The summed E-state index contributed by atoms with van der Waals surface area (Å²) in [5.74, 6) is 0. The molecule has 0 fully saturated rings. The summed E-state index contributed by atoms with van der Waals surface area (Å²) < 4.78 is 4.94. The summed E-state index contributed by atoms with van der Waals surface area (Å²) in [5, 5.41) is 0. The van der Waals surface area contributed by atoms with Crippen molar-refractivity contribution in [2.24, 2.45) is 0 Å². The Bertz CT molecular complexity index is 37.8. The first-order valence-electron chi connectivity index (χ1n) is 2.11. The van der Waals surface area contributed by atoms with E-state index in [1.807, 2.05) is 20.8 Å². The van der Waals surface area contributed by atoms with Crippen molar-refractivity contribution in [2.45, 2.75) is 26.4 Å². The molecule has 0 heterocycles. The Morgan fingerprint density at radius 2 is 1.29 bits per heavy atom. The first-order valence-corrected chi connectivity index (χ1v) is 2.11. The molecule has 0 bridgehead atoms. The van der Waals surface area contributed by atoms with E-state index in [1.54, 1.807) is 7.11 Å². The second kappa shape index (κ2) is 3.90. The summed E-state index contributed by atoms with van der Waals surface area (Å²) in [6.45, 7) is 6.06. The van der Waals surface area contributed by atoms with Crippen LogP contribution in [-0.2, 0) is 4.74 Å². The quantitative estimate of drug-likeness (QED) is 0.421. The molecule has 0 amide bonds. The Hall–Kier alpha value is 0.960. The molecule has 0 aromatic heterocycles. The van der Waals surface area contributed by atoms with Gasteiger partial charge < -0.3 is 4.74 Å². The number of rotatable bonds is 0. The van der Waals surface area contributed by atoms with Gasteiger partial charge in [0.25, 0.3) is 0 Å². The molecule has 0 atom stereocenters. The van der Waals surface area contributed by atoms with E-state index in [1.165, 1.54) is 0 Å². The summed E-state index contributed by atoms with van der Waals surface area (Å²) in [4.78, 5) is 0. The summed E-state index contributed by atoms with van der Waals surface area (Å²) in [6, 6.07) is 0. The third-order valence-corrected chi connectivity index (χ3v) is 0.612. The predicted molar refractivity (Wildman–Crippen MR) is 33.9 cm³/mol. The van der Waals surface area contributed by atoms with Crippen LogP contribution in [0.4, 0.5) is 0 Å². The van der Waals surface area contributed by atoms with Gasteiger partial charge in [-0.15, -0.1) is 0 Å². The van der Waals surface area contributed by atoms with Crippen LogP contribution in [0.15, 0.2) is 0 Å². The van der Waals surface area contributed by atoms with Crippen molar-refractivity contribution in [3.63, 3.8) is 0 Å². The minimum atomic E-state index is 0. The second-order valence-electron chi connectivity index (χ2n) is 2.32. The van der Waals surface area contributed by atoms with Crippen LogP contribution in [0.5, 0.6) is 0 Å². The molecule has 0 saturated heterocycles. The van der Waals surface area contributed by atoms with Gasteiger partial charge in [0.2, 0.25) is 0 Å². The number of hydrogen-bond acceptors (Lipinski definition) is 1. The zero-order valence-corrected chi connectivity index (χ0v) is 4.91. The average molecular weight is 112 g/mol. The number of hydrogen-bond donors (Lipinski definition) is 0. The Balaban J connectivity index is 0. The molecule has 0 spiro atoms. The van der Waals surface area contributed by atoms with Gasteiger partial charge in [0.1, 0.15) is 0 Å². The molecule has 0 aromatic rings. The van der Waals surface area contributed by atoms with Crippen molar-refractivity contribution in [2.75, 3.05) is 7.11 Å². The number of ether oxygens (including phenoxy) is 1. The van der Waals surface area contributed by atoms with Gasteiger partial charge in [-0.1, -0.05) is 0 Å². The number of methoxy groups -OCH3 is 1. The van der Waals surface area contributed by atoms with Gasteiger partial charge in [-0.25, -0.2) is 0 Å². The normalized spacial score (nSPS) is 10.3. The van der Waals surface area contributed by atoms with Crippen LogP contribution in [0, 0.1) is 0 Å². The van der Waals surface area contributed by atoms with Gasteiger partial charge >= 0.3 is 29.6 Å². The summed E-state index contributed by atoms with van der Waals surface area (Å²) in [5.41, 5.74) is 0.0417. The Labute approximate surface area is 67.7 Å². The Morgan fingerprint density at radius 1 is 1.14 bits per heavy atom. The van der Waals surface area contributed by atoms with Crippen LogP contribution in [0.2, 0.25) is 0 Å². The SMILES string of the molecule is COC(C)(C)C.[NaH]. The van der Waals surface area contributed by atoms with Gasteiger partial charge in [0.15, 0.2) is 0 Å². The fourth-order valence-electron chi connectivity index (χ4n) is 0. The van der Waals surface area contributed by atoms with Crippen molar-refractivity contribution in [3.05, 3.63) is 0 Å². The predicted octanol–water partition coefficient (Wildman–Crippen LogP) is 0.783. The van der Waals surface area contributed by atoms with Crippen LogP contribution in [0.25, 0.3) is 0 Å². The zero-order valence-electron chi connectivity index (χ0n) is 4.91. The van der Waals surface area contributed by atoms with E-state index in [0.717, 1.165) is 0 Å². The summed E-state index contributed by atoms with van der Waals surface area (Å²) >= 11 is 0. The summed E-state index contributed by atoms with van der Waals surface area (Å²) in [7, 11) is 1.71. The van der Waals surface area contributed by atoms with Crippen LogP contribution in [0.3, 0.4) is 0 Å². The third kappa shape index (κ3) is 10.9. The second-order valence-corrected chi connectivity index (χ2v) is 2.32. The van der Waals surface area contributed by atoms with Gasteiger partial charge in [-0.2, -0.15) is 0 Å². The molecule has 0 unspecified atom stereocenters. The van der Waals surface area contributed by atoms with E-state index in [0.29, 0.717) is 0 Å². The molecular weight excluding hydrogens is 99.0 g/mol. The van der Waals surface area contributed by atoms with E-state index >= 15 is 0 Å². The average Bonchev–Trinajstić information content (AvgIpc) is 1.35. The molecule has 0 radical (unpaired) electrons. The molecule has 7 heavy (non-hydrogen) atoms. The van der Waals surface area contributed by atoms with E-state index in [4.69, 9.17) is 4.74 Å². The fraction of sp³-hybridized carbons (Fsp3) is 1.00. The maximum absolute atomic E-state index is 4.94. The van der Waals surface area contributed by atoms with Crippen molar-refractivity contribution in [1.82, 2.24) is 0 Å². The van der Waals surface area contributed by atoms with Crippen molar-refractivity contribution < 1.29 is 4.74 Å². The van der Waals surface area contributed by atoms with Gasteiger partial charge in [0, 0.05) is 7.11 Å².